The summed E-state index contributed by atoms with van der Waals surface area (Å²) in [5, 5.41) is 2.36. The molecule has 2 rings (SSSR count). The molecule has 0 saturated heterocycles. The molecule has 0 aromatic heterocycles. The SMILES string of the molecule is COc1ccccc1OCC(=O)NC(=S)NNC(=O)c1ccccc1I. The topological polar surface area (TPSA) is 88.7 Å². The van der Waals surface area contributed by atoms with E-state index in [4.69, 9.17) is 21.7 Å². The Labute approximate surface area is 169 Å². The molecular formula is C17H16IN3O4S. The van der Waals surface area contributed by atoms with Crippen LogP contribution in [0, 0.1) is 3.57 Å². The molecule has 3 N–H and O–H groups in total. The van der Waals surface area contributed by atoms with Crippen LogP contribution in [0.2, 0.25) is 0 Å². The van der Waals surface area contributed by atoms with Crippen LogP contribution in [0.25, 0.3) is 0 Å². The Hall–Kier alpha value is -2.40. The summed E-state index contributed by atoms with van der Waals surface area (Å²) < 4.78 is 11.3. The van der Waals surface area contributed by atoms with Gasteiger partial charge in [-0.2, -0.15) is 0 Å². The number of carbonyl (C=O) groups is 2. The molecule has 2 amide bonds. The van der Waals surface area contributed by atoms with Crippen LogP contribution in [0.3, 0.4) is 0 Å². The maximum atomic E-state index is 12.0. The van der Waals surface area contributed by atoms with Crippen LogP contribution in [0.1, 0.15) is 10.4 Å². The van der Waals surface area contributed by atoms with Crippen LogP contribution in [0.4, 0.5) is 0 Å². The zero-order valence-corrected chi connectivity index (χ0v) is 16.7. The number of rotatable bonds is 5. The summed E-state index contributed by atoms with van der Waals surface area (Å²) in [7, 11) is 1.51. The smallest absolute Gasteiger partial charge is 0.270 e. The summed E-state index contributed by atoms with van der Waals surface area (Å²) >= 11 is 7.03. The van der Waals surface area contributed by atoms with E-state index in [2.05, 4.69) is 38.8 Å². The lowest BCUT2D eigenvalue weighted by atomic mass is 10.2. The van der Waals surface area contributed by atoms with Crippen molar-refractivity contribution in [3.63, 3.8) is 0 Å². The Morgan fingerprint density at radius 3 is 2.38 bits per heavy atom. The lowest BCUT2D eigenvalue weighted by molar-refractivity contribution is -0.121. The number of hydrogen-bond acceptors (Lipinski definition) is 5. The van der Waals surface area contributed by atoms with E-state index in [1.165, 1.54) is 7.11 Å². The third-order valence-electron chi connectivity index (χ3n) is 3.09. The number of hydrogen-bond donors (Lipinski definition) is 3. The molecule has 0 bridgehead atoms. The van der Waals surface area contributed by atoms with E-state index in [9.17, 15) is 9.59 Å². The second kappa shape index (κ2) is 9.92. The molecule has 26 heavy (non-hydrogen) atoms. The van der Waals surface area contributed by atoms with Gasteiger partial charge in [0.2, 0.25) is 0 Å². The van der Waals surface area contributed by atoms with Gasteiger partial charge in [-0.25, -0.2) is 0 Å². The molecule has 2 aromatic rings. The van der Waals surface area contributed by atoms with Crippen molar-refractivity contribution >= 4 is 51.7 Å². The normalized spacial score (nSPS) is 9.77. The first-order valence-electron chi connectivity index (χ1n) is 7.41. The number of hydrazine groups is 1. The van der Waals surface area contributed by atoms with Gasteiger partial charge >= 0.3 is 0 Å². The average Bonchev–Trinajstić information content (AvgIpc) is 2.65. The molecule has 0 spiro atoms. The standard InChI is InChI=1S/C17H16IN3O4S/c1-24-13-8-4-5-9-14(13)25-10-15(22)19-17(26)21-20-16(23)11-6-2-3-7-12(11)18/h2-9H,10H2,1H3,(H,20,23)(H2,19,21,22,26). The maximum Gasteiger partial charge on any atom is 0.270 e. The Bertz CT molecular complexity index is 816. The number of para-hydroxylation sites is 2. The van der Waals surface area contributed by atoms with Crippen molar-refractivity contribution in [3.05, 3.63) is 57.7 Å². The molecular weight excluding hydrogens is 469 g/mol. The second-order valence-corrected chi connectivity index (χ2v) is 6.45. The van der Waals surface area contributed by atoms with Gasteiger partial charge in [0.25, 0.3) is 11.8 Å². The van der Waals surface area contributed by atoms with Gasteiger partial charge in [0.15, 0.2) is 23.2 Å². The van der Waals surface area contributed by atoms with E-state index in [0.717, 1.165) is 3.57 Å². The minimum Gasteiger partial charge on any atom is -0.493 e. The Balaban J connectivity index is 1.78. The van der Waals surface area contributed by atoms with Gasteiger partial charge in [0.1, 0.15) is 0 Å². The molecule has 7 nitrogen and oxygen atoms in total. The van der Waals surface area contributed by atoms with Crippen molar-refractivity contribution in [2.24, 2.45) is 0 Å². The molecule has 0 saturated carbocycles. The zero-order valence-electron chi connectivity index (χ0n) is 13.7. The lowest BCUT2D eigenvalue weighted by Crippen LogP contribution is -2.49. The van der Waals surface area contributed by atoms with E-state index >= 15 is 0 Å². The van der Waals surface area contributed by atoms with Crippen LogP contribution < -0.4 is 25.6 Å². The monoisotopic (exact) mass is 485 g/mol. The van der Waals surface area contributed by atoms with Crippen molar-refractivity contribution in [2.75, 3.05) is 13.7 Å². The maximum absolute atomic E-state index is 12.0. The third kappa shape index (κ3) is 5.85. The number of carbonyl (C=O) groups excluding carboxylic acids is 2. The fraction of sp³-hybridized carbons (Fsp3) is 0.118. The lowest BCUT2D eigenvalue weighted by Gasteiger charge is -2.12. The van der Waals surface area contributed by atoms with Gasteiger partial charge in [-0.3, -0.25) is 25.8 Å². The number of methoxy groups -OCH3 is 1. The summed E-state index contributed by atoms with van der Waals surface area (Å²) in [5.41, 5.74) is 5.40. The van der Waals surface area contributed by atoms with Crippen molar-refractivity contribution in [1.29, 1.82) is 0 Å². The predicted molar refractivity (Wildman–Crippen MR) is 109 cm³/mol. The summed E-state index contributed by atoms with van der Waals surface area (Å²) in [6, 6.07) is 14.0. The highest BCUT2D eigenvalue weighted by Gasteiger charge is 2.11. The van der Waals surface area contributed by atoms with Crippen molar-refractivity contribution in [3.8, 4) is 11.5 Å². The average molecular weight is 485 g/mol. The molecule has 0 atom stereocenters. The first kappa shape index (κ1) is 19.9. The molecule has 0 aliphatic rings. The Kier molecular flexibility index (Phi) is 7.60. The fourth-order valence-electron chi connectivity index (χ4n) is 1.90. The van der Waals surface area contributed by atoms with Crippen molar-refractivity contribution < 1.29 is 19.1 Å². The summed E-state index contributed by atoms with van der Waals surface area (Å²) in [4.78, 5) is 23.9. The van der Waals surface area contributed by atoms with Gasteiger partial charge in [-0.15, -0.1) is 0 Å². The van der Waals surface area contributed by atoms with Crippen LogP contribution in [-0.2, 0) is 4.79 Å². The van der Waals surface area contributed by atoms with Crippen molar-refractivity contribution in [1.82, 2.24) is 16.2 Å². The van der Waals surface area contributed by atoms with Crippen LogP contribution in [-0.4, -0.2) is 30.6 Å². The highest BCUT2D eigenvalue weighted by atomic mass is 127. The number of ether oxygens (including phenoxy) is 2. The van der Waals surface area contributed by atoms with E-state index in [1.54, 1.807) is 36.4 Å². The van der Waals surface area contributed by atoms with Crippen molar-refractivity contribution in [2.45, 2.75) is 0 Å². The molecule has 2 aromatic carbocycles. The van der Waals surface area contributed by atoms with E-state index in [-0.39, 0.29) is 17.6 Å². The summed E-state index contributed by atoms with van der Waals surface area (Å²) in [6.45, 7) is -0.257. The predicted octanol–water partition coefficient (Wildman–Crippen LogP) is 2.01. The second-order valence-electron chi connectivity index (χ2n) is 4.88. The molecule has 0 heterocycles. The minimum absolute atomic E-state index is 0.0436. The minimum atomic E-state index is -0.475. The third-order valence-corrected chi connectivity index (χ3v) is 4.23. The number of benzene rings is 2. The number of amides is 2. The van der Waals surface area contributed by atoms with Gasteiger partial charge < -0.3 is 9.47 Å². The Morgan fingerprint density at radius 1 is 1.04 bits per heavy atom. The number of halogens is 1. The van der Waals surface area contributed by atoms with E-state index < -0.39 is 5.91 Å². The summed E-state index contributed by atoms with van der Waals surface area (Å²) in [5.74, 6) is 0.121. The van der Waals surface area contributed by atoms with Gasteiger partial charge in [-0.05, 0) is 59.1 Å². The number of nitrogens with one attached hydrogen (secondary N) is 3. The summed E-state index contributed by atoms with van der Waals surface area (Å²) in [6.07, 6.45) is 0. The highest BCUT2D eigenvalue weighted by molar-refractivity contribution is 14.1. The Morgan fingerprint density at radius 2 is 1.69 bits per heavy atom. The number of thiocarbonyl (C=S) groups is 1. The van der Waals surface area contributed by atoms with E-state index in [0.29, 0.717) is 17.1 Å². The molecule has 9 heteroatoms. The van der Waals surface area contributed by atoms with Gasteiger partial charge in [0.05, 0.1) is 12.7 Å². The molecule has 0 unspecified atom stereocenters. The molecule has 0 fully saturated rings. The quantitative estimate of drug-likeness (QED) is 0.341. The highest BCUT2D eigenvalue weighted by Crippen LogP contribution is 2.25. The molecule has 0 radical (unpaired) electrons. The fourth-order valence-corrected chi connectivity index (χ4v) is 2.70. The van der Waals surface area contributed by atoms with E-state index in [1.807, 2.05) is 12.1 Å². The van der Waals surface area contributed by atoms with Crippen LogP contribution in [0.15, 0.2) is 48.5 Å². The first-order valence-corrected chi connectivity index (χ1v) is 8.90. The molecule has 136 valence electrons. The van der Waals surface area contributed by atoms with Gasteiger partial charge in [0, 0.05) is 3.57 Å². The molecule has 0 aliphatic heterocycles. The van der Waals surface area contributed by atoms with Crippen LogP contribution in [0.5, 0.6) is 11.5 Å². The van der Waals surface area contributed by atoms with Crippen LogP contribution >= 0.6 is 34.8 Å². The first-order chi connectivity index (χ1) is 12.5. The zero-order chi connectivity index (χ0) is 18.9. The largest absolute Gasteiger partial charge is 0.493 e. The van der Waals surface area contributed by atoms with Gasteiger partial charge in [-0.1, -0.05) is 24.3 Å². The molecule has 0 aliphatic carbocycles.